The number of halogens is 1. The molecule has 0 fully saturated rings. The number of rotatable bonds is 4. The Morgan fingerprint density at radius 1 is 1.69 bits per heavy atom. The first kappa shape index (κ1) is 11.0. The van der Waals surface area contributed by atoms with Crippen molar-refractivity contribution < 1.29 is 10.2 Å². The van der Waals surface area contributed by atoms with Crippen LogP contribution in [0.4, 0.5) is 5.00 Å². The van der Waals surface area contributed by atoms with Crippen molar-refractivity contribution in [3.63, 3.8) is 0 Å². The van der Waals surface area contributed by atoms with E-state index in [9.17, 15) is 5.11 Å². The first-order valence-electron chi connectivity index (χ1n) is 3.87. The van der Waals surface area contributed by atoms with Crippen LogP contribution in [0.1, 0.15) is 0 Å². The highest BCUT2D eigenvalue weighted by Crippen LogP contribution is 2.27. The van der Waals surface area contributed by atoms with E-state index in [1.54, 1.807) is 11.3 Å². The number of aliphatic hydroxyl groups is 2. The summed E-state index contributed by atoms with van der Waals surface area (Å²) >= 11 is 4.95. The van der Waals surface area contributed by atoms with Crippen LogP contribution in [0, 0.1) is 0 Å². The summed E-state index contributed by atoms with van der Waals surface area (Å²) in [6.45, 7) is 0.250. The molecule has 0 spiro atoms. The lowest BCUT2D eigenvalue weighted by atomic mass is 10.3. The zero-order chi connectivity index (χ0) is 9.84. The third-order valence-corrected chi connectivity index (χ3v) is 3.43. The minimum atomic E-state index is -0.675. The summed E-state index contributed by atoms with van der Waals surface area (Å²) in [5.41, 5.74) is 0. The van der Waals surface area contributed by atoms with Crippen LogP contribution in [0.15, 0.2) is 15.9 Å². The Labute approximate surface area is 89.7 Å². The fraction of sp³-hybridized carbons (Fsp3) is 0.500. The molecular formula is C8H12BrNO2S. The fourth-order valence-corrected chi connectivity index (χ4v) is 2.37. The van der Waals surface area contributed by atoms with E-state index >= 15 is 0 Å². The van der Waals surface area contributed by atoms with E-state index in [4.69, 9.17) is 5.11 Å². The maximum absolute atomic E-state index is 9.20. The predicted molar refractivity (Wildman–Crippen MR) is 58.4 cm³/mol. The van der Waals surface area contributed by atoms with Crippen molar-refractivity contribution in [3.8, 4) is 0 Å². The molecule has 2 N–H and O–H groups in total. The van der Waals surface area contributed by atoms with E-state index in [0.29, 0.717) is 6.54 Å². The quantitative estimate of drug-likeness (QED) is 0.863. The molecule has 0 aliphatic heterocycles. The zero-order valence-electron chi connectivity index (χ0n) is 7.27. The topological polar surface area (TPSA) is 43.7 Å². The highest BCUT2D eigenvalue weighted by Gasteiger charge is 2.08. The summed E-state index contributed by atoms with van der Waals surface area (Å²) in [5.74, 6) is 0. The van der Waals surface area contributed by atoms with Gasteiger partial charge in [0.15, 0.2) is 0 Å². The Bertz CT molecular complexity index is 266. The largest absolute Gasteiger partial charge is 0.394 e. The molecule has 1 atom stereocenters. The highest BCUT2D eigenvalue weighted by molar-refractivity contribution is 9.10. The van der Waals surface area contributed by atoms with Gasteiger partial charge in [-0.3, -0.25) is 0 Å². The summed E-state index contributed by atoms with van der Waals surface area (Å²) in [6.07, 6.45) is -0.675. The SMILES string of the molecule is CN(CC(O)CO)c1cc(Br)cs1. The molecular weight excluding hydrogens is 254 g/mol. The van der Waals surface area contributed by atoms with Crippen LogP contribution in [0.3, 0.4) is 0 Å². The van der Waals surface area contributed by atoms with Gasteiger partial charge in [0.1, 0.15) is 0 Å². The van der Waals surface area contributed by atoms with Gasteiger partial charge in [0.05, 0.1) is 17.7 Å². The van der Waals surface area contributed by atoms with Crippen LogP contribution in [0.2, 0.25) is 0 Å². The van der Waals surface area contributed by atoms with Gasteiger partial charge in [-0.1, -0.05) is 0 Å². The van der Waals surface area contributed by atoms with Crippen molar-refractivity contribution in [2.24, 2.45) is 0 Å². The number of aliphatic hydroxyl groups excluding tert-OH is 2. The van der Waals surface area contributed by atoms with Gasteiger partial charge >= 0.3 is 0 Å². The molecule has 1 aromatic rings. The Kier molecular flexibility index (Phi) is 4.18. The van der Waals surface area contributed by atoms with Gasteiger partial charge in [-0.25, -0.2) is 0 Å². The molecule has 1 aromatic heterocycles. The number of thiophene rings is 1. The lowest BCUT2D eigenvalue weighted by Crippen LogP contribution is -2.30. The van der Waals surface area contributed by atoms with Crippen molar-refractivity contribution in [2.45, 2.75) is 6.10 Å². The normalized spacial score (nSPS) is 12.9. The first-order chi connectivity index (χ1) is 6.13. The summed E-state index contributed by atoms with van der Waals surface area (Å²) in [6, 6.07) is 1.98. The van der Waals surface area contributed by atoms with Gasteiger partial charge in [-0.2, -0.15) is 0 Å². The van der Waals surface area contributed by atoms with E-state index in [-0.39, 0.29) is 6.61 Å². The Hall–Kier alpha value is -0.100. The molecule has 0 saturated carbocycles. The minimum absolute atomic E-state index is 0.198. The molecule has 3 nitrogen and oxygen atoms in total. The molecule has 0 aliphatic rings. The van der Waals surface area contributed by atoms with E-state index in [1.807, 2.05) is 23.4 Å². The van der Waals surface area contributed by atoms with E-state index in [0.717, 1.165) is 9.47 Å². The van der Waals surface area contributed by atoms with Crippen molar-refractivity contribution >= 4 is 32.3 Å². The lowest BCUT2D eigenvalue weighted by Gasteiger charge is -2.19. The molecule has 5 heteroatoms. The molecule has 74 valence electrons. The summed E-state index contributed by atoms with van der Waals surface area (Å²) in [4.78, 5) is 1.91. The number of nitrogens with zero attached hydrogens (tertiary/aromatic N) is 1. The lowest BCUT2D eigenvalue weighted by molar-refractivity contribution is 0.101. The van der Waals surface area contributed by atoms with Gasteiger partial charge in [0.2, 0.25) is 0 Å². The second-order valence-corrected chi connectivity index (χ2v) is 4.63. The zero-order valence-corrected chi connectivity index (χ0v) is 9.68. The van der Waals surface area contributed by atoms with E-state index < -0.39 is 6.10 Å². The van der Waals surface area contributed by atoms with E-state index in [1.165, 1.54) is 0 Å². The standard InChI is InChI=1S/C8H12BrNO2S/c1-10(3-7(12)4-11)8-2-6(9)5-13-8/h2,5,7,11-12H,3-4H2,1H3. The molecule has 0 bridgehead atoms. The maximum Gasteiger partial charge on any atom is 0.0945 e. The number of likely N-dealkylation sites (N-methyl/N-ethyl adjacent to an activating group) is 1. The van der Waals surface area contributed by atoms with Gasteiger partial charge in [-0.05, 0) is 22.0 Å². The molecule has 13 heavy (non-hydrogen) atoms. The number of hydrogen-bond acceptors (Lipinski definition) is 4. The Morgan fingerprint density at radius 2 is 2.38 bits per heavy atom. The highest BCUT2D eigenvalue weighted by atomic mass is 79.9. The van der Waals surface area contributed by atoms with Crippen molar-refractivity contribution in [1.82, 2.24) is 0 Å². The van der Waals surface area contributed by atoms with Crippen molar-refractivity contribution in [3.05, 3.63) is 15.9 Å². The third kappa shape index (κ3) is 3.27. The molecule has 1 heterocycles. The van der Waals surface area contributed by atoms with Crippen LogP contribution in [-0.2, 0) is 0 Å². The minimum Gasteiger partial charge on any atom is -0.394 e. The van der Waals surface area contributed by atoms with Gasteiger partial charge in [0.25, 0.3) is 0 Å². The molecule has 0 aliphatic carbocycles. The summed E-state index contributed by atoms with van der Waals surface area (Å²) < 4.78 is 1.04. The average molecular weight is 266 g/mol. The van der Waals surface area contributed by atoms with Gasteiger partial charge < -0.3 is 15.1 Å². The number of hydrogen-bond donors (Lipinski definition) is 2. The molecule has 0 amide bonds. The molecule has 1 unspecified atom stereocenters. The second kappa shape index (κ2) is 4.95. The van der Waals surface area contributed by atoms with Crippen LogP contribution >= 0.6 is 27.3 Å². The first-order valence-corrected chi connectivity index (χ1v) is 5.55. The smallest absolute Gasteiger partial charge is 0.0945 e. The van der Waals surface area contributed by atoms with E-state index in [2.05, 4.69) is 15.9 Å². The summed E-state index contributed by atoms with van der Waals surface area (Å²) in [5, 5.41) is 20.9. The summed E-state index contributed by atoms with van der Waals surface area (Å²) in [7, 11) is 1.89. The molecule has 0 saturated heterocycles. The number of anilines is 1. The van der Waals surface area contributed by atoms with Crippen molar-refractivity contribution in [1.29, 1.82) is 0 Å². The fourth-order valence-electron chi connectivity index (χ4n) is 0.967. The maximum atomic E-state index is 9.20. The van der Waals surface area contributed by atoms with Crippen LogP contribution < -0.4 is 4.90 Å². The third-order valence-electron chi connectivity index (χ3n) is 1.63. The average Bonchev–Trinajstić information content (AvgIpc) is 2.51. The predicted octanol–water partition coefficient (Wildman–Crippen LogP) is 1.30. The monoisotopic (exact) mass is 265 g/mol. The molecule has 1 rings (SSSR count). The molecule has 0 radical (unpaired) electrons. The van der Waals surface area contributed by atoms with Crippen molar-refractivity contribution in [2.75, 3.05) is 25.1 Å². The molecule has 0 aromatic carbocycles. The second-order valence-electron chi connectivity index (χ2n) is 2.82. The Morgan fingerprint density at radius 3 is 2.85 bits per heavy atom. The van der Waals surface area contributed by atoms with Gasteiger partial charge in [-0.15, -0.1) is 11.3 Å². The van der Waals surface area contributed by atoms with Gasteiger partial charge in [0, 0.05) is 23.4 Å². The Balaban J connectivity index is 2.53. The van der Waals surface area contributed by atoms with Crippen LogP contribution in [-0.4, -0.2) is 36.5 Å². The van der Waals surface area contributed by atoms with Crippen LogP contribution in [0.5, 0.6) is 0 Å². The van der Waals surface area contributed by atoms with Crippen LogP contribution in [0.25, 0.3) is 0 Å².